The minimum absolute atomic E-state index is 0.0620. The van der Waals surface area contributed by atoms with Gasteiger partial charge in [-0.25, -0.2) is 4.79 Å². The molecule has 24 heavy (non-hydrogen) atoms. The highest BCUT2D eigenvalue weighted by Gasteiger charge is 2.40. The van der Waals surface area contributed by atoms with Crippen LogP contribution in [0.1, 0.15) is 50.3 Å². The normalized spacial score (nSPS) is 26.2. The number of ether oxygens (including phenoxy) is 2. The van der Waals surface area contributed by atoms with Crippen molar-refractivity contribution in [3.8, 4) is 0 Å². The Kier molecular flexibility index (Phi) is 4.22. The summed E-state index contributed by atoms with van der Waals surface area (Å²) in [5, 5.41) is 7.50. The number of carbonyl (C=O) groups is 1. The number of morpholine rings is 1. The number of aromatic nitrogens is 2. The van der Waals surface area contributed by atoms with E-state index >= 15 is 0 Å². The van der Waals surface area contributed by atoms with E-state index in [0.717, 1.165) is 43.8 Å². The van der Waals surface area contributed by atoms with E-state index in [2.05, 4.69) is 10.4 Å². The van der Waals surface area contributed by atoms with Crippen LogP contribution in [0.15, 0.2) is 6.07 Å². The fourth-order valence-electron chi connectivity index (χ4n) is 4.10. The number of hydrogen-bond acceptors (Lipinski definition) is 4. The van der Waals surface area contributed by atoms with E-state index in [4.69, 9.17) is 9.47 Å². The van der Waals surface area contributed by atoms with E-state index in [1.54, 1.807) is 4.68 Å². The first-order chi connectivity index (χ1) is 11.7. The van der Waals surface area contributed by atoms with Gasteiger partial charge in [-0.1, -0.05) is 12.8 Å². The molecule has 1 saturated carbocycles. The van der Waals surface area contributed by atoms with Gasteiger partial charge in [-0.05, 0) is 25.7 Å². The molecule has 0 aromatic carbocycles. The molecule has 1 unspecified atom stereocenters. The number of nitrogens with zero attached hydrogens (tertiary/aromatic N) is 3. The summed E-state index contributed by atoms with van der Waals surface area (Å²) in [5.74, 6) is 0.720. The molecular weight excluding hydrogens is 308 g/mol. The fourth-order valence-corrected chi connectivity index (χ4v) is 4.10. The van der Waals surface area contributed by atoms with Gasteiger partial charge in [0.1, 0.15) is 11.9 Å². The number of hydrogen-bond donors (Lipinski definition) is 1. The summed E-state index contributed by atoms with van der Waals surface area (Å²) in [6, 6.07) is 1.87. The maximum atomic E-state index is 12.7. The van der Waals surface area contributed by atoms with Crippen molar-refractivity contribution < 1.29 is 14.3 Å². The van der Waals surface area contributed by atoms with E-state index in [0.29, 0.717) is 19.7 Å². The zero-order valence-electron chi connectivity index (χ0n) is 14.3. The lowest BCUT2D eigenvalue weighted by atomic mass is 10.00. The van der Waals surface area contributed by atoms with Crippen molar-refractivity contribution in [2.75, 3.05) is 31.6 Å². The van der Waals surface area contributed by atoms with E-state index in [-0.39, 0.29) is 17.7 Å². The Labute approximate surface area is 142 Å². The molecular formula is C17H26N4O3. The van der Waals surface area contributed by atoms with Crippen LogP contribution in [0, 0.1) is 0 Å². The second-order valence-corrected chi connectivity index (χ2v) is 7.17. The third kappa shape index (κ3) is 3.02. The molecule has 0 radical (unpaired) electrons. The summed E-state index contributed by atoms with van der Waals surface area (Å²) >= 11 is 0. The molecule has 1 atom stereocenters. The third-order valence-electron chi connectivity index (χ3n) is 5.44. The van der Waals surface area contributed by atoms with Crippen molar-refractivity contribution in [3.05, 3.63) is 11.8 Å². The highest BCUT2D eigenvalue weighted by molar-refractivity contribution is 5.88. The van der Waals surface area contributed by atoms with Gasteiger partial charge in [-0.2, -0.15) is 5.10 Å². The van der Waals surface area contributed by atoms with Crippen molar-refractivity contribution in [1.29, 1.82) is 0 Å². The van der Waals surface area contributed by atoms with Crippen molar-refractivity contribution in [1.82, 2.24) is 14.7 Å². The van der Waals surface area contributed by atoms with Crippen LogP contribution in [0.4, 0.5) is 10.6 Å². The predicted molar refractivity (Wildman–Crippen MR) is 88.9 cm³/mol. The van der Waals surface area contributed by atoms with Gasteiger partial charge < -0.3 is 14.4 Å². The largest absolute Gasteiger partial charge is 0.372 e. The number of rotatable bonds is 2. The first-order valence-corrected chi connectivity index (χ1v) is 9.01. The lowest BCUT2D eigenvalue weighted by Gasteiger charge is -2.40. The van der Waals surface area contributed by atoms with Crippen LogP contribution in [0.2, 0.25) is 0 Å². The zero-order valence-corrected chi connectivity index (χ0v) is 14.3. The molecule has 3 heterocycles. The second-order valence-electron chi connectivity index (χ2n) is 7.17. The topological polar surface area (TPSA) is 68.6 Å². The molecule has 7 nitrogen and oxygen atoms in total. The SMILES string of the molecule is Cn1nc(C2CCCO2)cc1NC(=O)N1CCOC2(CCCC2)C1. The predicted octanol–water partition coefficient (Wildman–Crippen LogP) is 2.45. The average Bonchev–Trinajstić information content (AvgIpc) is 3.30. The van der Waals surface area contributed by atoms with Crippen LogP contribution in [-0.4, -0.2) is 52.6 Å². The van der Waals surface area contributed by atoms with Crippen LogP contribution >= 0.6 is 0 Å². The lowest BCUT2D eigenvalue weighted by Crippen LogP contribution is -2.53. The van der Waals surface area contributed by atoms with Crippen LogP contribution in [0.3, 0.4) is 0 Å². The molecule has 4 rings (SSSR count). The summed E-state index contributed by atoms with van der Waals surface area (Å²) in [4.78, 5) is 14.6. The van der Waals surface area contributed by atoms with Gasteiger partial charge in [0.2, 0.25) is 0 Å². The van der Waals surface area contributed by atoms with E-state index < -0.39 is 0 Å². The van der Waals surface area contributed by atoms with Gasteiger partial charge in [-0.15, -0.1) is 0 Å². The summed E-state index contributed by atoms with van der Waals surface area (Å²) in [7, 11) is 1.85. The zero-order chi connectivity index (χ0) is 16.6. The Bertz CT molecular complexity index is 603. The van der Waals surface area contributed by atoms with Crippen molar-refractivity contribution >= 4 is 11.8 Å². The van der Waals surface area contributed by atoms with Crippen LogP contribution < -0.4 is 5.32 Å². The third-order valence-corrected chi connectivity index (χ3v) is 5.44. The number of amides is 2. The number of nitrogens with one attached hydrogen (secondary N) is 1. The van der Waals surface area contributed by atoms with Gasteiger partial charge in [0.25, 0.3) is 0 Å². The van der Waals surface area contributed by atoms with Gasteiger partial charge in [0.15, 0.2) is 0 Å². The maximum absolute atomic E-state index is 12.7. The molecule has 7 heteroatoms. The lowest BCUT2D eigenvalue weighted by molar-refractivity contribution is -0.0914. The highest BCUT2D eigenvalue weighted by Crippen LogP contribution is 2.36. The van der Waals surface area contributed by atoms with Gasteiger partial charge in [-0.3, -0.25) is 10.00 Å². The van der Waals surface area contributed by atoms with Crippen molar-refractivity contribution in [2.45, 2.75) is 50.2 Å². The molecule has 1 aromatic heterocycles. The molecule has 3 fully saturated rings. The second kappa shape index (κ2) is 6.37. The Balaban J connectivity index is 1.42. The Morgan fingerprint density at radius 1 is 1.33 bits per heavy atom. The summed E-state index contributed by atoms with van der Waals surface area (Å²) in [6.07, 6.45) is 6.64. The number of anilines is 1. The first kappa shape index (κ1) is 15.9. The number of urea groups is 1. The van der Waals surface area contributed by atoms with Crippen molar-refractivity contribution in [2.24, 2.45) is 7.05 Å². The number of aryl methyl sites for hydroxylation is 1. The van der Waals surface area contributed by atoms with E-state index in [9.17, 15) is 4.79 Å². The minimum Gasteiger partial charge on any atom is -0.372 e. The summed E-state index contributed by atoms with van der Waals surface area (Å²) in [5.41, 5.74) is 0.796. The van der Waals surface area contributed by atoms with Gasteiger partial charge in [0.05, 0.1) is 24.4 Å². The Morgan fingerprint density at radius 3 is 2.92 bits per heavy atom. The molecule has 1 N–H and O–H groups in total. The van der Waals surface area contributed by atoms with Crippen LogP contribution in [0.25, 0.3) is 0 Å². The smallest absolute Gasteiger partial charge is 0.323 e. The molecule has 3 aliphatic rings. The molecule has 1 aromatic rings. The fraction of sp³-hybridized carbons (Fsp3) is 0.765. The number of carbonyl (C=O) groups excluding carboxylic acids is 1. The molecule has 2 saturated heterocycles. The molecule has 2 amide bonds. The quantitative estimate of drug-likeness (QED) is 0.902. The van der Waals surface area contributed by atoms with Gasteiger partial charge >= 0.3 is 6.03 Å². The standard InChI is InChI=1S/C17H26N4O3/c1-20-15(11-13(19-20)14-5-4-9-23-14)18-16(22)21-8-10-24-17(12-21)6-2-3-7-17/h11,14H,2-10,12H2,1H3,(H,18,22). The van der Waals surface area contributed by atoms with Crippen LogP contribution in [0.5, 0.6) is 0 Å². The molecule has 2 aliphatic heterocycles. The summed E-state index contributed by atoms with van der Waals surface area (Å²) in [6.45, 7) is 2.75. The molecule has 132 valence electrons. The monoisotopic (exact) mass is 334 g/mol. The summed E-state index contributed by atoms with van der Waals surface area (Å²) < 4.78 is 13.4. The van der Waals surface area contributed by atoms with Gasteiger partial charge in [0, 0.05) is 26.3 Å². The van der Waals surface area contributed by atoms with E-state index in [1.807, 2.05) is 18.0 Å². The molecule has 1 spiro atoms. The average molecular weight is 334 g/mol. The molecule has 1 aliphatic carbocycles. The van der Waals surface area contributed by atoms with Crippen molar-refractivity contribution in [3.63, 3.8) is 0 Å². The minimum atomic E-state index is -0.106. The Hall–Kier alpha value is -1.60. The maximum Gasteiger partial charge on any atom is 0.323 e. The van der Waals surface area contributed by atoms with E-state index in [1.165, 1.54) is 12.8 Å². The van der Waals surface area contributed by atoms with Crippen LogP contribution in [-0.2, 0) is 16.5 Å². The molecule has 0 bridgehead atoms. The first-order valence-electron chi connectivity index (χ1n) is 9.01. The highest BCUT2D eigenvalue weighted by atomic mass is 16.5. The Morgan fingerprint density at radius 2 is 2.17 bits per heavy atom.